The van der Waals surface area contributed by atoms with E-state index in [0.29, 0.717) is 6.42 Å². The van der Waals surface area contributed by atoms with E-state index in [2.05, 4.69) is 15.8 Å². The first-order valence-corrected chi connectivity index (χ1v) is 6.39. The normalized spacial score (nSPS) is 19.7. The Kier molecular flexibility index (Phi) is 4.95. The second-order valence-corrected chi connectivity index (χ2v) is 5.53. The molecule has 0 aromatic heterocycles. The zero-order valence-corrected chi connectivity index (χ0v) is 11.4. The highest BCUT2D eigenvalue weighted by Crippen LogP contribution is 2.48. The van der Waals surface area contributed by atoms with Crippen LogP contribution in [0, 0.1) is 5.41 Å². The number of oxime groups is 1. The van der Waals surface area contributed by atoms with Crippen molar-refractivity contribution >= 4 is 11.7 Å². The van der Waals surface area contributed by atoms with Gasteiger partial charge < -0.3 is 21.6 Å². The lowest BCUT2D eigenvalue weighted by molar-refractivity contribution is -0.123. The number of rotatable bonds is 7. The summed E-state index contributed by atoms with van der Waals surface area (Å²) in [6.45, 7) is 6.43. The lowest BCUT2D eigenvalue weighted by atomic mass is 10.0. The summed E-state index contributed by atoms with van der Waals surface area (Å²) in [4.78, 5) is 11.7. The number of nitrogens with one attached hydrogen (secondary N) is 2. The van der Waals surface area contributed by atoms with Gasteiger partial charge in [-0.15, -0.1) is 0 Å². The van der Waals surface area contributed by atoms with Gasteiger partial charge in [-0.25, -0.2) is 0 Å². The summed E-state index contributed by atoms with van der Waals surface area (Å²) in [5.41, 5.74) is 5.60. The lowest BCUT2D eigenvalue weighted by Gasteiger charge is -2.20. The molecule has 0 heterocycles. The summed E-state index contributed by atoms with van der Waals surface area (Å²) in [7, 11) is 0. The molecule has 0 saturated heterocycles. The summed E-state index contributed by atoms with van der Waals surface area (Å²) < 4.78 is 0. The van der Waals surface area contributed by atoms with Crippen molar-refractivity contribution in [2.75, 3.05) is 6.54 Å². The second kappa shape index (κ2) is 6.04. The molecular formula is C12H24N4O2. The summed E-state index contributed by atoms with van der Waals surface area (Å²) in [5, 5.41) is 17.6. The van der Waals surface area contributed by atoms with Crippen LogP contribution in [0.1, 0.15) is 40.0 Å². The van der Waals surface area contributed by atoms with Gasteiger partial charge in [0.2, 0.25) is 5.91 Å². The molecule has 6 nitrogen and oxygen atoms in total. The first kappa shape index (κ1) is 14.8. The third-order valence-electron chi connectivity index (χ3n) is 3.25. The zero-order valence-electron chi connectivity index (χ0n) is 11.4. The van der Waals surface area contributed by atoms with Crippen molar-refractivity contribution in [1.29, 1.82) is 0 Å². The van der Waals surface area contributed by atoms with Crippen LogP contribution in [0.25, 0.3) is 0 Å². The maximum atomic E-state index is 11.7. The second-order valence-electron chi connectivity index (χ2n) is 5.53. The van der Waals surface area contributed by atoms with Crippen molar-refractivity contribution in [1.82, 2.24) is 10.6 Å². The fourth-order valence-corrected chi connectivity index (χ4v) is 1.88. The van der Waals surface area contributed by atoms with Crippen molar-refractivity contribution < 1.29 is 10.0 Å². The van der Waals surface area contributed by atoms with Gasteiger partial charge in [0.05, 0.1) is 6.04 Å². The Morgan fingerprint density at radius 1 is 1.44 bits per heavy atom. The average Bonchev–Trinajstić information content (AvgIpc) is 3.05. The van der Waals surface area contributed by atoms with E-state index in [4.69, 9.17) is 10.9 Å². The fourth-order valence-electron chi connectivity index (χ4n) is 1.88. The topological polar surface area (TPSA) is 99.7 Å². The van der Waals surface area contributed by atoms with Crippen LogP contribution in [0.5, 0.6) is 0 Å². The number of amidine groups is 1. The Morgan fingerprint density at radius 2 is 2.06 bits per heavy atom. The molecule has 18 heavy (non-hydrogen) atoms. The zero-order chi connectivity index (χ0) is 13.8. The van der Waals surface area contributed by atoms with Crippen molar-refractivity contribution in [3.05, 3.63) is 0 Å². The van der Waals surface area contributed by atoms with E-state index in [0.717, 1.165) is 19.4 Å². The minimum absolute atomic E-state index is 0.00426. The van der Waals surface area contributed by atoms with Crippen LogP contribution in [-0.4, -0.2) is 35.6 Å². The van der Waals surface area contributed by atoms with Crippen molar-refractivity contribution in [2.24, 2.45) is 16.3 Å². The quantitative estimate of drug-likeness (QED) is 0.229. The first-order chi connectivity index (χ1) is 8.38. The van der Waals surface area contributed by atoms with Crippen LogP contribution < -0.4 is 16.4 Å². The van der Waals surface area contributed by atoms with Crippen LogP contribution in [0.3, 0.4) is 0 Å². The number of hydrogen-bond acceptors (Lipinski definition) is 4. The molecule has 1 amide bonds. The van der Waals surface area contributed by atoms with E-state index < -0.39 is 0 Å². The minimum atomic E-state index is -0.225. The molecule has 0 radical (unpaired) electrons. The van der Waals surface area contributed by atoms with E-state index in [-0.39, 0.29) is 29.2 Å². The number of nitrogens with zero attached hydrogens (tertiary/aromatic N) is 1. The first-order valence-electron chi connectivity index (χ1n) is 6.39. The minimum Gasteiger partial charge on any atom is -0.409 e. The molecule has 1 unspecified atom stereocenters. The number of amides is 1. The largest absolute Gasteiger partial charge is 0.409 e. The maximum Gasteiger partial charge on any atom is 0.237 e. The highest BCUT2D eigenvalue weighted by Gasteiger charge is 2.43. The molecular weight excluding hydrogens is 232 g/mol. The Bertz CT molecular complexity index is 324. The Balaban J connectivity index is 2.34. The van der Waals surface area contributed by atoms with Crippen LogP contribution in [-0.2, 0) is 4.79 Å². The maximum absolute atomic E-state index is 11.7. The highest BCUT2D eigenvalue weighted by molar-refractivity contribution is 5.82. The molecule has 0 bridgehead atoms. The Hall–Kier alpha value is -1.30. The number of carbonyl (C=O) groups is 1. The van der Waals surface area contributed by atoms with E-state index in [1.807, 2.05) is 20.8 Å². The van der Waals surface area contributed by atoms with Crippen molar-refractivity contribution in [2.45, 2.75) is 52.1 Å². The van der Waals surface area contributed by atoms with Gasteiger partial charge in [-0.3, -0.25) is 4.79 Å². The molecule has 1 atom stereocenters. The molecule has 6 heteroatoms. The van der Waals surface area contributed by atoms with Gasteiger partial charge in [-0.2, -0.15) is 0 Å². The van der Waals surface area contributed by atoms with Crippen LogP contribution in [0.4, 0.5) is 0 Å². The number of hydrogen-bond donors (Lipinski definition) is 4. The van der Waals surface area contributed by atoms with Crippen LogP contribution >= 0.6 is 0 Å². The van der Waals surface area contributed by atoms with Gasteiger partial charge in [-0.05, 0) is 39.0 Å². The molecule has 5 N–H and O–H groups in total. The van der Waals surface area contributed by atoms with Crippen LogP contribution in [0.15, 0.2) is 5.16 Å². The van der Waals surface area contributed by atoms with E-state index >= 15 is 0 Å². The molecule has 0 spiro atoms. The highest BCUT2D eigenvalue weighted by atomic mass is 16.4. The molecule has 1 saturated carbocycles. The Labute approximate surface area is 108 Å². The Morgan fingerprint density at radius 3 is 2.50 bits per heavy atom. The predicted octanol–water partition coefficient (Wildman–Crippen LogP) is 0.406. The number of carbonyl (C=O) groups excluding carboxylic acids is 1. The van der Waals surface area contributed by atoms with Crippen molar-refractivity contribution in [3.8, 4) is 0 Å². The lowest BCUT2D eigenvalue weighted by Crippen LogP contribution is -2.46. The predicted molar refractivity (Wildman–Crippen MR) is 70.4 cm³/mol. The molecule has 1 fully saturated rings. The van der Waals surface area contributed by atoms with E-state index in [1.165, 1.54) is 0 Å². The third kappa shape index (κ3) is 4.52. The summed E-state index contributed by atoms with van der Waals surface area (Å²) in [6.07, 6.45) is 2.68. The molecule has 1 aliphatic carbocycles. The molecule has 0 aromatic carbocycles. The van der Waals surface area contributed by atoms with Gasteiger partial charge in [0, 0.05) is 19.0 Å². The molecule has 0 aromatic rings. The van der Waals surface area contributed by atoms with Crippen molar-refractivity contribution in [3.63, 3.8) is 0 Å². The molecule has 104 valence electrons. The fraction of sp³-hybridized carbons (Fsp3) is 0.833. The number of nitrogens with two attached hydrogens (primary N) is 1. The van der Waals surface area contributed by atoms with Gasteiger partial charge in [0.1, 0.15) is 5.84 Å². The standard InChI is InChI=1S/C12H24N4O2/c1-8(2)15-11(17)9(3)14-7-12(4-5-12)6-10(13)16-18/h8-9,14,18H,4-7H2,1-3H3,(H2,13,16)(H,15,17). The van der Waals surface area contributed by atoms with Crippen LogP contribution in [0.2, 0.25) is 0 Å². The SMILES string of the molecule is CC(C)NC(=O)C(C)NCC1(CC(N)=NO)CC1. The molecule has 1 rings (SSSR count). The summed E-state index contributed by atoms with van der Waals surface area (Å²) in [6, 6.07) is -0.0778. The molecule has 0 aliphatic heterocycles. The monoisotopic (exact) mass is 256 g/mol. The van der Waals surface area contributed by atoms with Gasteiger partial charge in [0.25, 0.3) is 0 Å². The average molecular weight is 256 g/mol. The van der Waals surface area contributed by atoms with E-state index in [9.17, 15) is 4.79 Å². The summed E-state index contributed by atoms with van der Waals surface area (Å²) >= 11 is 0. The van der Waals surface area contributed by atoms with Gasteiger partial charge in [0.15, 0.2) is 0 Å². The van der Waals surface area contributed by atoms with Gasteiger partial charge >= 0.3 is 0 Å². The molecule has 1 aliphatic rings. The van der Waals surface area contributed by atoms with Gasteiger partial charge in [-0.1, -0.05) is 5.16 Å². The smallest absolute Gasteiger partial charge is 0.237 e. The summed E-state index contributed by atoms with van der Waals surface area (Å²) in [5.74, 6) is 0.262. The third-order valence-corrected chi connectivity index (χ3v) is 3.25. The van der Waals surface area contributed by atoms with E-state index in [1.54, 1.807) is 0 Å².